The van der Waals surface area contributed by atoms with Crippen molar-refractivity contribution in [2.24, 2.45) is 5.92 Å². The van der Waals surface area contributed by atoms with Gasteiger partial charge in [-0.15, -0.1) is 0 Å². The van der Waals surface area contributed by atoms with Crippen LogP contribution in [0.2, 0.25) is 0 Å². The van der Waals surface area contributed by atoms with Gasteiger partial charge in [0.2, 0.25) is 7.37 Å². The Morgan fingerprint density at radius 1 is 0.720 bits per heavy atom. The lowest BCUT2D eigenvalue weighted by molar-refractivity contribution is 0.145. The van der Waals surface area contributed by atoms with E-state index in [0.29, 0.717) is 0 Å². The Bertz CT molecular complexity index is 523. The van der Waals surface area contributed by atoms with E-state index in [1.54, 1.807) is 41.5 Å². The van der Waals surface area contributed by atoms with Crippen molar-refractivity contribution in [1.82, 2.24) is 0 Å². The molecular formula is C15H34O7P2S. The highest BCUT2D eigenvalue weighted by Gasteiger charge is 2.39. The Labute approximate surface area is 153 Å². The van der Waals surface area contributed by atoms with Gasteiger partial charge in [0.25, 0.3) is 0 Å². The summed E-state index contributed by atoms with van der Waals surface area (Å²) in [6.07, 6.45) is -1.15. The van der Waals surface area contributed by atoms with Crippen molar-refractivity contribution in [2.45, 2.75) is 73.7 Å². The van der Waals surface area contributed by atoms with Gasteiger partial charge < -0.3 is 13.6 Å². The van der Waals surface area contributed by atoms with E-state index in [-0.39, 0.29) is 18.2 Å². The molecule has 0 rings (SSSR count). The molecule has 0 aliphatic heterocycles. The molecule has 0 bridgehead atoms. The average Bonchev–Trinajstić information content (AvgIpc) is 2.18. The summed E-state index contributed by atoms with van der Waals surface area (Å²) in [6, 6.07) is 0. The van der Waals surface area contributed by atoms with Crippen molar-refractivity contribution in [1.29, 1.82) is 0 Å². The zero-order valence-corrected chi connectivity index (χ0v) is 19.2. The van der Waals surface area contributed by atoms with Crippen LogP contribution in [0.4, 0.5) is 0 Å². The van der Waals surface area contributed by atoms with E-state index in [2.05, 4.69) is 0 Å². The third-order valence-electron chi connectivity index (χ3n) is 2.54. The highest BCUT2D eigenvalue weighted by atomic mass is 32.2. The Hall–Kier alpha value is 0.290. The van der Waals surface area contributed by atoms with Crippen molar-refractivity contribution in [3.05, 3.63) is 0 Å². The fourth-order valence-corrected chi connectivity index (χ4v) is 12.2. The van der Waals surface area contributed by atoms with Crippen LogP contribution < -0.4 is 0 Å². The SMILES string of the molecule is CC(C)CP(=O)(CS(=O)(=O)CP(=O)(OC(C)C)OC(C)C)OC(C)C. The summed E-state index contributed by atoms with van der Waals surface area (Å²) >= 11 is 0. The first-order valence-electron chi connectivity index (χ1n) is 8.51. The Balaban J connectivity index is 5.49. The molecule has 0 saturated carbocycles. The summed E-state index contributed by atoms with van der Waals surface area (Å²) in [5.74, 6) is 0.00501. The summed E-state index contributed by atoms with van der Waals surface area (Å²) in [6.45, 7) is 13.7. The molecule has 0 aromatic carbocycles. The fourth-order valence-electron chi connectivity index (χ4n) is 2.38. The molecule has 25 heavy (non-hydrogen) atoms. The van der Waals surface area contributed by atoms with Crippen molar-refractivity contribution >= 4 is 24.8 Å². The smallest absolute Gasteiger partial charge is 0.325 e. The first-order valence-corrected chi connectivity index (χ1v) is 14.1. The van der Waals surface area contributed by atoms with Crippen LogP contribution in [0, 0.1) is 5.92 Å². The van der Waals surface area contributed by atoms with Crippen LogP contribution in [0.3, 0.4) is 0 Å². The average molecular weight is 420 g/mol. The van der Waals surface area contributed by atoms with Crippen molar-refractivity contribution in [3.63, 3.8) is 0 Å². The maximum absolute atomic E-state index is 13.0. The molecule has 0 aliphatic carbocycles. The molecule has 0 saturated heterocycles. The molecule has 1 unspecified atom stereocenters. The summed E-state index contributed by atoms with van der Waals surface area (Å²) in [7, 11) is -11.3. The molecule has 0 aromatic rings. The normalized spacial score (nSPS) is 16.2. The van der Waals surface area contributed by atoms with Gasteiger partial charge in [-0.25, -0.2) is 8.42 Å². The van der Waals surface area contributed by atoms with Crippen LogP contribution in [-0.4, -0.2) is 43.9 Å². The van der Waals surface area contributed by atoms with E-state index in [0.717, 1.165) is 0 Å². The maximum atomic E-state index is 13.0. The molecule has 0 amide bonds. The van der Waals surface area contributed by atoms with E-state index in [4.69, 9.17) is 13.6 Å². The van der Waals surface area contributed by atoms with Crippen LogP contribution in [0.25, 0.3) is 0 Å². The van der Waals surface area contributed by atoms with Gasteiger partial charge in [-0.05, 0) is 47.5 Å². The first-order chi connectivity index (χ1) is 11.1. The molecule has 7 nitrogen and oxygen atoms in total. The molecule has 0 spiro atoms. The van der Waals surface area contributed by atoms with E-state index in [1.165, 1.54) is 0 Å². The second kappa shape index (κ2) is 10.0. The van der Waals surface area contributed by atoms with Gasteiger partial charge >= 0.3 is 7.60 Å². The minimum atomic E-state index is -3.98. The predicted octanol–water partition coefficient (Wildman–Crippen LogP) is 4.72. The lowest BCUT2D eigenvalue weighted by Gasteiger charge is -2.25. The Morgan fingerprint density at radius 3 is 1.44 bits per heavy atom. The van der Waals surface area contributed by atoms with E-state index < -0.39 is 48.0 Å². The van der Waals surface area contributed by atoms with Crippen LogP contribution in [0.5, 0.6) is 0 Å². The van der Waals surface area contributed by atoms with Gasteiger partial charge in [-0.2, -0.15) is 0 Å². The van der Waals surface area contributed by atoms with Gasteiger partial charge in [0.1, 0.15) is 5.49 Å². The van der Waals surface area contributed by atoms with Crippen LogP contribution in [-0.2, 0) is 32.5 Å². The molecule has 0 radical (unpaired) electrons. The Morgan fingerprint density at radius 2 is 1.12 bits per heavy atom. The minimum Gasteiger partial charge on any atom is -0.325 e. The third kappa shape index (κ3) is 11.6. The molecule has 0 aliphatic rings. The Kier molecular flexibility index (Phi) is 10.1. The van der Waals surface area contributed by atoms with Gasteiger partial charge in [0, 0.05) is 6.16 Å². The van der Waals surface area contributed by atoms with Crippen molar-refractivity contribution in [3.8, 4) is 0 Å². The zero-order chi connectivity index (χ0) is 20.1. The molecule has 1 atom stereocenters. The molecule has 10 heteroatoms. The lowest BCUT2D eigenvalue weighted by Crippen LogP contribution is -2.20. The minimum absolute atomic E-state index is 0.00501. The number of hydrogen-bond donors (Lipinski definition) is 0. The fraction of sp³-hybridized carbons (Fsp3) is 1.00. The zero-order valence-electron chi connectivity index (χ0n) is 16.6. The highest BCUT2D eigenvalue weighted by Crippen LogP contribution is 2.56. The van der Waals surface area contributed by atoms with Crippen LogP contribution in [0.15, 0.2) is 0 Å². The number of rotatable bonds is 12. The number of hydrogen-bond acceptors (Lipinski definition) is 7. The summed E-state index contributed by atoms with van der Waals surface area (Å²) < 4.78 is 67.1. The molecule has 0 fully saturated rings. The second-order valence-corrected chi connectivity index (χ2v) is 14.9. The molecule has 0 aromatic heterocycles. The van der Waals surface area contributed by atoms with Crippen molar-refractivity contribution in [2.75, 3.05) is 17.1 Å². The lowest BCUT2D eigenvalue weighted by atomic mass is 10.3. The quantitative estimate of drug-likeness (QED) is 0.422. The first kappa shape index (κ1) is 25.3. The van der Waals surface area contributed by atoms with E-state index in [9.17, 15) is 17.5 Å². The monoisotopic (exact) mass is 420 g/mol. The molecular weight excluding hydrogens is 386 g/mol. The summed E-state index contributed by atoms with van der Waals surface area (Å²) in [5.41, 5.74) is -1.47. The van der Waals surface area contributed by atoms with Crippen LogP contribution >= 0.6 is 15.0 Å². The maximum Gasteiger partial charge on any atom is 0.346 e. The summed E-state index contributed by atoms with van der Waals surface area (Å²) in [4.78, 5) is 0. The molecule has 0 N–H and O–H groups in total. The number of sulfone groups is 1. The summed E-state index contributed by atoms with van der Waals surface area (Å²) in [5, 5.41) is 0. The van der Waals surface area contributed by atoms with Crippen molar-refractivity contribution < 1.29 is 31.1 Å². The van der Waals surface area contributed by atoms with Gasteiger partial charge in [-0.3, -0.25) is 9.13 Å². The third-order valence-corrected chi connectivity index (χ3v) is 12.1. The second-order valence-electron chi connectivity index (χ2n) is 7.47. The molecule has 152 valence electrons. The standard InChI is InChI=1S/C15H34O7P2S/c1-12(2)9-23(16,20-13(3)4)10-25(18,19)11-24(17,21-14(5)6)22-15(7)8/h12-15H,9-11H2,1-8H3. The van der Waals surface area contributed by atoms with Gasteiger partial charge in [0.05, 0.1) is 18.3 Å². The molecule has 0 heterocycles. The topological polar surface area (TPSA) is 96.0 Å². The van der Waals surface area contributed by atoms with Crippen LogP contribution in [0.1, 0.15) is 55.4 Å². The predicted molar refractivity (Wildman–Crippen MR) is 102 cm³/mol. The largest absolute Gasteiger partial charge is 0.346 e. The van der Waals surface area contributed by atoms with Gasteiger partial charge in [-0.1, -0.05) is 13.8 Å². The highest BCUT2D eigenvalue weighted by molar-refractivity contribution is 8.02. The van der Waals surface area contributed by atoms with Gasteiger partial charge in [0.15, 0.2) is 15.3 Å². The van der Waals surface area contributed by atoms with E-state index >= 15 is 0 Å². The van der Waals surface area contributed by atoms with E-state index in [1.807, 2.05) is 13.8 Å².